The number of ether oxygens (including phenoxy) is 2. The average molecular weight is 455 g/mol. The number of pyridine rings is 1. The number of amides is 1. The molecule has 1 N–H and O–H groups in total. The summed E-state index contributed by atoms with van der Waals surface area (Å²) in [7, 11) is 0. The highest BCUT2D eigenvalue weighted by molar-refractivity contribution is 5.94. The van der Waals surface area contributed by atoms with E-state index in [-0.39, 0.29) is 18.0 Å². The summed E-state index contributed by atoms with van der Waals surface area (Å²) in [6, 6.07) is 22.9. The minimum absolute atomic E-state index is 0.101. The van der Waals surface area contributed by atoms with Crippen molar-refractivity contribution in [2.24, 2.45) is 0 Å². The van der Waals surface area contributed by atoms with Crippen LogP contribution in [0, 0.1) is 6.92 Å². The molecule has 1 aliphatic rings. The summed E-state index contributed by atoms with van der Waals surface area (Å²) in [5.41, 5.74) is 3.96. The predicted octanol–water partition coefficient (Wildman–Crippen LogP) is 4.49. The van der Waals surface area contributed by atoms with Gasteiger partial charge in [-0.25, -0.2) is 0 Å². The van der Waals surface area contributed by atoms with Crippen LogP contribution in [0.1, 0.15) is 27.0 Å². The number of rotatable bonds is 6. The monoisotopic (exact) mass is 454 g/mol. The molecule has 1 aromatic heterocycles. The first-order valence-corrected chi connectivity index (χ1v) is 11.4. The first kappa shape index (κ1) is 21.8. The molecule has 0 spiro atoms. The fourth-order valence-electron chi connectivity index (χ4n) is 4.27. The van der Waals surface area contributed by atoms with Gasteiger partial charge in [-0.3, -0.25) is 9.59 Å². The number of H-pyrrole nitrogens is 1. The molecule has 0 saturated carbocycles. The first-order valence-electron chi connectivity index (χ1n) is 11.4. The molecule has 5 rings (SSSR count). The maximum absolute atomic E-state index is 13.4. The largest absolute Gasteiger partial charge is 0.486 e. The summed E-state index contributed by atoms with van der Waals surface area (Å²) in [6.45, 7) is 3.75. The number of aryl methyl sites for hydroxylation is 1. The van der Waals surface area contributed by atoms with Crippen LogP contribution in [0.3, 0.4) is 0 Å². The average Bonchev–Trinajstić information content (AvgIpc) is 2.86. The zero-order valence-corrected chi connectivity index (χ0v) is 19.0. The molecule has 0 radical (unpaired) electrons. The summed E-state index contributed by atoms with van der Waals surface area (Å²) in [5.74, 6) is 1.19. The molecule has 2 heterocycles. The van der Waals surface area contributed by atoms with E-state index in [4.69, 9.17) is 9.47 Å². The number of benzene rings is 3. The maximum Gasteiger partial charge on any atom is 0.254 e. The van der Waals surface area contributed by atoms with Crippen LogP contribution in [0.4, 0.5) is 0 Å². The summed E-state index contributed by atoms with van der Waals surface area (Å²) < 4.78 is 11.3. The number of nitrogens with one attached hydrogen (secondary N) is 1. The van der Waals surface area contributed by atoms with Crippen LogP contribution in [0.25, 0.3) is 10.9 Å². The number of carbonyl (C=O) groups is 1. The molecular formula is C28H26N2O4. The SMILES string of the molecule is Cc1ccccc1CCN(Cc1cc2cc3c(cc2[nH]c1=O)OCCO3)C(=O)c1ccccc1. The van der Waals surface area contributed by atoms with Gasteiger partial charge in [0, 0.05) is 29.1 Å². The Kier molecular flexibility index (Phi) is 6.04. The highest BCUT2D eigenvalue weighted by Crippen LogP contribution is 2.33. The van der Waals surface area contributed by atoms with Crippen molar-refractivity contribution in [2.45, 2.75) is 19.9 Å². The van der Waals surface area contributed by atoms with Crippen LogP contribution in [0.15, 0.2) is 77.6 Å². The van der Waals surface area contributed by atoms with Crippen molar-refractivity contribution >= 4 is 16.8 Å². The quantitative estimate of drug-likeness (QED) is 0.466. The Hall–Kier alpha value is -4.06. The Bertz CT molecular complexity index is 1390. The van der Waals surface area contributed by atoms with E-state index in [1.165, 1.54) is 11.1 Å². The van der Waals surface area contributed by atoms with Gasteiger partial charge < -0.3 is 19.4 Å². The van der Waals surface area contributed by atoms with Gasteiger partial charge in [-0.2, -0.15) is 0 Å². The molecule has 1 amide bonds. The van der Waals surface area contributed by atoms with E-state index in [1.807, 2.05) is 42.5 Å². The smallest absolute Gasteiger partial charge is 0.254 e. The van der Waals surface area contributed by atoms with Gasteiger partial charge in [0.2, 0.25) is 0 Å². The topological polar surface area (TPSA) is 71.6 Å². The molecule has 3 aromatic carbocycles. The van der Waals surface area contributed by atoms with E-state index in [0.29, 0.717) is 54.3 Å². The number of aromatic amines is 1. The molecule has 0 fully saturated rings. The second kappa shape index (κ2) is 9.43. The van der Waals surface area contributed by atoms with Gasteiger partial charge >= 0.3 is 0 Å². The number of carbonyl (C=O) groups excluding carboxylic acids is 1. The van der Waals surface area contributed by atoms with Crippen LogP contribution in [0.2, 0.25) is 0 Å². The lowest BCUT2D eigenvalue weighted by Gasteiger charge is -2.24. The Morgan fingerprint density at radius 1 is 0.912 bits per heavy atom. The summed E-state index contributed by atoms with van der Waals surface area (Å²) >= 11 is 0. The highest BCUT2D eigenvalue weighted by Gasteiger charge is 2.19. The fourth-order valence-corrected chi connectivity index (χ4v) is 4.27. The van der Waals surface area contributed by atoms with Crippen molar-refractivity contribution < 1.29 is 14.3 Å². The highest BCUT2D eigenvalue weighted by atomic mass is 16.6. The van der Waals surface area contributed by atoms with Crippen molar-refractivity contribution in [1.82, 2.24) is 9.88 Å². The van der Waals surface area contributed by atoms with Gasteiger partial charge in [-0.15, -0.1) is 0 Å². The number of fused-ring (bicyclic) bond motifs is 2. The maximum atomic E-state index is 13.4. The molecule has 0 aliphatic carbocycles. The third-order valence-corrected chi connectivity index (χ3v) is 6.17. The van der Waals surface area contributed by atoms with Crippen molar-refractivity contribution in [3.05, 3.63) is 105 Å². The van der Waals surface area contributed by atoms with E-state index in [1.54, 1.807) is 23.1 Å². The third kappa shape index (κ3) is 4.53. The van der Waals surface area contributed by atoms with Crippen LogP contribution in [-0.2, 0) is 13.0 Å². The molecule has 0 unspecified atom stereocenters. The van der Waals surface area contributed by atoms with Gasteiger partial charge in [0.1, 0.15) is 13.2 Å². The van der Waals surface area contributed by atoms with Crippen LogP contribution in [-0.4, -0.2) is 35.5 Å². The van der Waals surface area contributed by atoms with Crippen molar-refractivity contribution in [3.8, 4) is 11.5 Å². The number of aromatic nitrogens is 1. The minimum atomic E-state index is -0.217. The zero-order chi connectivity index (χ0) is 23.5. The second-order valence-electron chi connectivity index (χ2n) is 8.48. The van der Waals surface area contributed by atoms with Crippen molar-refractivity contribution in [2.75, 3.05) is 19.8 Å². The van der Waals surface area contributed by atoms with E-state index in [9.17, 15) is 9.59 Å². The normalized spacial score (nSPS) is 12.5. The lowest BCUT2D eigenvalue weighted by molar-refractivity contribution is 0.0744. The predicted molar refractivity (Wildman–Crippen MR) is 132 cm³/mol. The molecular weight excluding hydrogens is 428 g/mol. The summed E-state index contributed by atoms with van der Waals surface area (Å²) in [6.07, 6.45) is 0.704. The van der Waals surface area contributed by atoms with E-state index in [2.05, 4.69) is 24.0 Å². The number of hydrogen-bond donors (Lipinski definition) is 1. The van der Waals surface area contributed by atoms with E-state index >= 15 is 0 Å². The lowest BCUT2D eigenvalue weighted by atomic mass is 10.0. The van der Waals surface area contributed by atoms with Crippen molar-refractivity contribution in [1.29, 1.82) is 0 Å². The molecule has 6 nitrogen and oxygen atoms in total. The molecule has 4 aromatic rings. The first-order chi connectivity index (χ1) is 16.6. The second-order valence-corrected chi connectivity index (χ2v) is 8.48. The zero-order valence-electron chi connectivity index (χ0n) is 19.0. The van der Waals surface area contributed by atoms with Gasteiger partial charge in [0.05, 0.1) is 12.1 Å². The van der Waals surface area contributed by atoms with Gasteiger partial charge in [0.15, 0.2) is 11.5 Å². The molecule has 172 valence electrons. The fraction of sp³-hybridized carbons (Fsp3) is 0.214. The molecule has 34 heavy (non-hydrogen) atoms. The number of nitrogens with zero attached hydrogens (tertiary/aromatic N) is 1. The number of hydrogen-bond acceptors (Lipinski definition) is 4. The van der Waals surface area contributed by atoms with Crippen LogP contribution in [0.5, 0.6) is 11.5 Å². The van der Waals surface area contributed by atoms with Gasteiger partial charge in [0.25, 0.3) is 11.5 Å². The Morgan fingerprint density at radius 2 is 1.62 bits per heavy atom. The molecule has 6 heteroatoms. The lowest BCUT2D eigenvalue weighted by Crippen LogP contribution is -2.34. The minimum Gasteiger partial charge on any atom is -0.486 e. The standard InChI is InChI=1S/C28H26N2O4/c1-19-7-5-6-8-20(19)11-12-30(28(32)21-9-3-2-4-10-21)18-23-15-22-16-25-26(34-14-13-33-25)17-24(22)29-27(23)31/h2-10,15-17H,11-14,18H2,1H3,(H,29,31). The van der Waals surface area contributed by atoms with Gasteiger partial charge in [-0.05, 0) is 48.7 Å². The van der Waals surface area contributed by atoms with Crippen LogP contribution < -0.4 is 15.0 Å². The molecule has 1 aliphatic heterocycles. The van der Waals surface area contributed by atoms with Crippen LogP contribution >= 0.6 is 0 Å². The molecule has 0 bridgehead atoms. The molecule has 0 atom stereocenters. The van der Waals surface area contributed by atoms with Crippen molar-refractivity contribution in [3.63, 3.8) is 0 Å². The summed E-state index contributed by atoms with van der Waals surface area (Å²) in [5, 5.41) is 0.838. The Balaban J connectivity index is 1.47. The summed E-state index contributed by atoms with van der Waals surface area (Å²) in [4.78, 5) is 31.1. The Labute approximate surface area is 197 Å². The third-order valence-electron chi connectivity index (χ3n) is 6.17. The van der Waals surface area contributed by atoms with Gasteiger partial charge in [-0.1, -0.05) is 42.5 Å². The van der Waals surface area contributed by atoms with E-state index in [0.717, 1.165) is 5.39 Å². The van der Waals surface area contributed by atoms with E-state index < -0.39 is 0 Å². The Morgan fingerprint density at radius 3 is 2.38 bits per heavy atom. The molecule has 0 saturated heterocycles.